The van der Waals surface area contributed by atoms with E-state index < -0.39 is 0 Å². The lowest BCUT2D eigenvalue weighted by atomic mass is 8.99. The van der Waals surface area contributed by atoms with Crippen LogP contribution in [0.25, 0.3) is 0 Å². The molecular weight excluding hydrogens is 240 g/mol. The molecule has 8 rings (SSSR count). The third-order valence-electron chi connectivity index (χ3n) is 9.07. The maximum atomic E-state index is 12.1. The van der Waals surface area contributed by atoms with Crippen molar-refractivity contribution in [3.8, 4) is 0 Å². The SMILES string of the molecule is O=C1OC(=O)C2C1C1C3C4C2C25CCCCC12C3C45. The first-order chi connectivity index (χ1) is 9.25. The van der Waals surface area contributed by atoms with E-state index in [1.807, 2.05) is 0 Å². The molecule has 10 unspecified atom stereocenters. The van der Waals surface area contributed by atoms with Crippen molar-refractivity contribution in [2.75, 3.05) is 0 Å². The largest absolute Gasteiger partial charge is 0.393 e. The molecule has 8 aliphatic rings. The Morgan fingerprint density at radius 1 is 0.789 bits per heavy atom. The number of hydrogen-bond donors (Lipinski definition) is 0. The molecule has 3 heteroatoms. The first-order valence-electron chi connectivity index (χ1n) is 8.01. The molecule has 1 saturated heterocycles. The van der Waals surface area contributed by atoms with Crippen LogP contribution >= 0.6 is 0 Å². The van der Waals surface area contributed by atoms with E-state index in [-0.39, 0.29) is 23.8 Å². The lowest BCUT2D eigenvalue weighted by Gasteiger charge is -3.04. The summed E-state index contributed by atoms with van der Waals surface area (Å²) in [5.41, 5.74) is 1.01. The van der Waals surface area contributed by atoms with Gasteiger partial charge >= 0.3 is 11.9 Å². The molecule has 2 spiro atoms. The minimum absolute atomic E-state index is 0.0255. The Hall–Kier alpha value is -0.860. The van der Waals surface area contributed by atoms with Crippen LogP contribution in [-0.2, 0) is 14.3 Å². The van der Waals surface area contributed by atoms with Crippen molar-refractivity contribution < 1.29 is 14.3 Å². The summed E-state index contributed by atoms with van der Waals surface area (Å²) in [6.45, 7) is 0. The molecule has 0 aromatic carbocycles. The van der Waals surface area contributed by atoms with Crippen molar-refractivity contribution in [2.24, 2.45) is 58.2 Å². The molecule has 7 aliphatic carbocycles. The number of carbonyl (C=O) groups is 2. The topological polar surface area (TPSA) is 43.4 Å². The molecule has 0 N–H and O–H groups in total. The second-order valence-corrected chi connectivity index (χ2v) is 8.34. The zero-order valence-electron chi connectivity index (χ0n) is 10.7. The molecule has 1 aliphatic heterocycles. The molecule has 1 heterocycles. The zero-order valence-corrected chi connectivity index (χ0v) is 10.7. The van der Waals surface area contributed by atoms with E-state index in [2.05, 4.69) is 0 Å². The number of esters is 2. The number of hydrogen-bond acceptors (Lipinski definition) is 3. The highest BCUT2D eigenvalue weighted by molar-refractivity contribution is 5.98. The van der Waals surface area contributed by atoms with E-state index >= 15 is 0 Å². The first-order valence-corrected chi connectivity index (χ1v) is 8.01. The highest BCUT2D eigenvalue weighted by Crippen LogP contribution is 3.05. The quantitative estimate of drug-likeness (QED) is 0.488. The average molecular weight is 256 g/mol. The predicted octanol–water partition coefficient (Wildman–Crippen LogP) is 1.61. The lowest BCUT2D eigenvalue weighted by molar-refractivity contribution is -0.581. The summed E-state index contributed by atoms with van der Waals surface area (Å²) >= 11 is 0. The van der Waals surface area contributed by atoms with Crippen LogP contribution in [-0.4, -0.2) is 11.9 Å². The summed E-state index contributed by atoms with van der Waals surface area (Å²) in [5.74, 6) is 4.27. The van der Waals surface area contributed by atoms with Gasteiger partial charge in [0.1, 0.15) is 0 Å². The van der Waals surface area contributed by atoms with Gasteiger partial charge in [0.25, 0.3) is 0 Å². The Bertz CT molecular complexity index is 559. The second-order valence-electron chi connectivity index (χ2n) is 8.34. The van der Waals surface area contributed by atoms with Crippen LogP contribution in [0.15, 0.2) is 0 Å². The molecule has 19 heavy (non-hydrogen) atoms. The van der Waals surface area contributed by atoms with E-state index in [4.69, 9.17) is 4.74 Å². The normalized spacial score (nSPS) is 75.6. The lowest BCUT2D eigenvalue weighted by Crippen LogP contribution is -3.02. The van der Waals surface area contributed by atoms with Crippen LogP contribution in [0.3, 0.4) is 0 Å². The third kappa shape index (κ3) is 0.494. The van der Waals surface area contributed by atoms with Gasteiger partial charge in [0, 0.05) is 0 Å². The Morgan fingerprint density at radius 2 is 1.26 bits per heavy atom. The number of ether oxygens (including phenoxy) is 1. The van der Waals surface area contributed by atoms with Crippen molar-refractivity contribution in [1.29, 1.82) is 0 Å². The molecule has 2 bridgehead atoms. The van der Waals surface area contributed by atoms with Crippen molar-refractivity contribution in [3.05, 3.63) is 0 Å². The smallest absolute Gasteiger partial charge is 0.317 e. The minimum atomic E-state index is -0.161. The van der Waals surface area contributed by atoms with Gasteiger partial charge in [0.15, 0.2) is 0 Å². The van der Waals surface area contributed by atoms with Crippen LogP contribution in [0.4, 0.5) is 0 Å². The molecule has 0 aromatic rings. The monoisotopic (exact) mass is 256 g/mol. The Labute approximate surface area is 111 Å². The molecule has 0 amide bonds. The van der Waals surface area contributed by atoms with E-state index in [0.29, 0.717) is 22.7 Å². The molecule has 98 valence electrons. The summed E-state index contributed by atoms with van der Waals surface area (Å²) in [6.07, 6.45) is 5.41. The fraction of sp³-hybridized carbons (Fsp3) is 0.875. The maximum Gasteiger partial charge on any atom is 0.317 e. The molecule has 10 atom stereocenters. The second kappa shape index (κ2) is 2.10. The van der Waals surface area contributed by atoms with E-state index in [1.165, 1.54) is 25.7 Å². The fourth-order valence-corrected chi connectivity index (χ4v) is 9.46. The molecular formula is C16H16O3. The van der Waals surface area contributed by atoms with E-state index in [0.717, 1.165) is 23.7 Å². The number of carbonyl (C=O) groups excluding carboxylic acids is 2. The minimum Gasteiger partial charge on any atom is -0.393 e. The third-order valence-corrected chi connectivity index (χ3v) is 9.07. The first kappa shape index (κ1) is 9.15. The molecule has 7 saturated carbocycles. The summed E-state index contributed by atoms with van der Waals surface area (Å²) in [6, 6.07) is 0. The summed E-state index contributed by atoms with van der Waals surface area (Å²) in [4.78, 5) is 24.3. The fourth-order valence-electron chi connectivity index (χ4n) is 9.46. The van der Waals surface area contributed by atoms with Crippen LogP contribution in [0.5, 0.6) is 0 Å². The van der Waals surface area contributed by atoms with Crippen molar-refractivity contribution in [3.63, 3.8) is 0 Å². The Morgan fingerprint density at radius 3 is 1.74 bits per heavy atom. The molecule has 0 aromatic heterocycles. The van der Waals surface area contributed by atoms with E-state index in [1.54, 1.807) is 0 Å². The molecule has 8 fully saturated rings. The summed E-state index contributed by atoms with van der Waals surface area (Å²) < 4.78 is 5.06. The zero-order chi connectivity index (χ0) is 12.3. The number of cyclic esters (lactones) is 2. The maximum absolute atomic E-state index is 12.1. The van der Waals surface area contributed by atoms with Crippen LogP contribution in [0, 0.1) is 58.2 Å². The van der Waals surface area contributed by atoms with Crippen LogP contribution in [0.1, 0.15) is 25.7 Å². The standard InChI is InChI=1S/C16H16O3/c17-13-7-8(14(18)19-13)10-6-5-9(7)15-3-1-2-4-16(10,15)12(6)11(5)15/h5-12H,1-4H2. The predicted molar refractivity (Wildman–Crippen MR) is 62.4 cm³/mol. The van der Waals surface area contributed by atoms with Gasteiger partial charge in [-0.15, -0.1) is 0 Å². The highest BCUT2D eigenvalue weighted by Gasteiger charge is 3.03. The van der Waals surface area contributed by atoms with Crippen LogP contribution in [0.2, 0.25) is 0 Å². The van der Waals surface area contributed by atoms with Gasteiger partial charge in [0.05, 0.1) is 11.8 Å². The van der Waals surface area contributed by atoms with Gasteiger partial charge in [-0.3, -0.25) is 9.59 Å². The van der Waals surface area contributed by atoms with E-state index in [9.17, 15) is 9.59 Å². The number of rotatable bonds is 0. The molecule has 3 nitrogen and oxygen atoms in total. The van der Waals surface area contributed by atoms with Crippen LogP contribution < -0.4 is 0 Å². The van der Waals surface area contributed by atoms with Gasteiger partial charge in [-0.25, -0.2) is 0 Å². The Kier molecular flexibility index (Phi) is 1.01. The Balaban J connectivity index is 1.51. The van der Waals surface area contributed by atoms with Gasteiger partial charge in [-0.1, -0.05) is 12.8 Å². The van der Waals surface area contributed by atoms with Gasteiger partial charge in [-0.2, -0.15) is 0 Å². The molecule has 0 radical (unpaired) electrons. The van der Waals surface area contributed by atoms with Crippen molar-refractivity contribution in [2.45, 2.75) is 25.7 Å². The van der Waals surface area contributed by atoms with Gasteiger partial charge in [-0.05, 0) is 59.2 Å². The van der Waals surface area contributed by atoms with Crippen molar-refractivity contribution in [1.82, 2.24) is 0 Å². The average Bonchev–Trinajstić information content (AvgIpc) is 2.64. The summed E-state index contributed by atoms with van der Waals surface area (Å²) in [7, 11) is 0. The van der Waals surface area contributed by atoms with Crippen molar-refractivity contribution >= 4 is 11.9 Å². The summed E-state index contributed by atoms with van der Waals surface area (Å²) in [5, 5.41) is 0. The van der Waals surface area contributed by atoms with Gasteiger partial charge < -0.3 is 4.74 Å². The highest BCUT2D eigenvalue weighted by atomic mass is 16.6. The van der Waals surface area contributed by atoms with Gasteiger partial charge in [0.2, 0.25) is 0 Å².